The summed E-state index contributed by atoms with van der Waals surface area (Å²) in [5.41, 5.74) is 0. The molecule has 0 N–H and O–H groups in total. The Labute approximate surface area is 79.0 Å². The van der Waals surface area contributed by atoms with Crippen molar-refractivity contribution in [3.05, 3.63) is 11.5 Å². The minimum atomic E-state index is -1.38. The van der Waals surface area contributed by atoms with Crippen molar-refractivity contribution in [2.75, 3.05) is 0 Å². The topological polar surface area (TPSA) is 9.23 Å². The molecule has 0 atom stereocenters. The first-order valence-electron chi connectivity index (χ1n) is 4.52. The Hall–Kier alpha value is -0.0262. The van der Waals surface area contributed by atoms with E-state index in [4.69, 9.17) is 4.43 Å². The molecule has 12 heavy (non-hydrogen) atoms. The van der Waals surface area contributed by atoms with Gasteiger partial charge in [-0.15, -0.1) is 0 Å². The van der Waals surface area contributed by atoms with Crippen LogP contribution in [0.4, 0.5) is 0 Å². The highest BCUT2D eigenvalue weighted by Gasteiger charge is 2.26. The molecule has 3 heteroatoms. The second-order valence-corrected chi connectivity index (χ2v) is 14.5. The fourth-order valence-corrected chi connectivity index (χ4v) is 4.76. The summed E-state index contributed by atoms with van der Waals surface area (Å²) >= 11 is 0. The highest BCUT2D eigenvalue weighted by Crippen LogP contribution is 2.20. The van der Waals surface area contributed by atoms with E-state index in [1.165, 1.54) is 5.38 Å². The largest absolute Gasteiger partial charge is 0.552 e. The fourth-order valence-electron chi connectivity index (χ4n) is 0.975. The average Bonchev–Trinajstić information content (AvgIpc) is 1.78. The van der Waals surface area contributed by atoms with Gasteiger partial charge in [0.1, 0.15) is 8.07 Å². The first-order chi connectivity index (χ1) is 5.17. The van der Waals surface area contributed by atoms with Crippen molar-refractivity contribution < 1.29 is 4.43 Å². The van der Waals surface area contributed by atoms with E-state index in [-0.39, 0.29) is 0 Å². The highest BCUT2D eigenvalue weighted by molar-refractivity contribution is 6.84. The third-order valence-electron chi connectivity index (χ3n) is 1.42. The lowest BCUT2D eigenvalue weighted by molar-refractivity contribution is 0.451. The summed E-state index contributed by atoms with van der Waals surface area (Å²) in [6, 6.07) is 0. The quantitative estimate of drug-likeness (QED) is 0.502. The number of rotatable bonds is 3. The van der Waals surface area contributed by atoms with Crippen LogP contribution in [0.1, 0.15) is 6.92 Å². The van der Waals surface area contributed by atoms with E-state index < -0.39 is 16.4 Å². The van der Waals surface area contributed by atoms with Crippen LogP contribution in [0.15, 0.2) is 11.5 Å². The zero-order valence-electron chi connectivity index (χ0n) is 9.49. The van der Waals surface area contributed by atoms with E-state index >= 15 is 0 Å². The van der Waals surface area contributed by atoms with Gasteiger partial charge in [-0.05, 0) is 26.6 Å². The van der Waals surface area contributed by atoms with Crippen LogP contribution in [0.25, 0.3) is 0 Å². The van der Waals surface area contributed by atoms with Gasteiger partial charge in [0.25, 0.3) is 0 Å². The smallest absolute Gasteiger partial charge is 0.241 e. The van der Waals surface area contributed by atoms with Gasteiger partial charge < -0.3 is 4.43 Å². The van der Waals surface area contributed by atoms with Crippen molar-refractivity contribution in [2.24, 2.45) is 0 Å². The van der Waals surface area contributed by atoms with Gasteiger partial charge in [0.15, 0.2) is 0 Å². The Morgan fingerprint density at radius 1 is 1.00 bits per heavy atom. The molecular formula is C9H22OSi2. The highest BCUT2D eigenvalue weighted by atomic mass is 28.4. The third-order valence-corrected chi connectivity index (χ3v) is 4.32. The van der Waals surface area contributed by atoms with Crippen molar-refractivity contribution in [2.45, 2.75) is 46.2 Å². The molecule has 0 amide bonds. The van der Waals surface area contributed by atoms with Gasteiger partial charge in [0, 0.05) is 0 Å². The van der Waals surface area contributed by atoms with Gasteiger partial charge in [-0.1, -0.05) is 25.7 Å². The molecule has 72 valence electrons. The Kier molecular flexibility index (Phi) is 3.78. The molecule has 0 rings (SSSR count). The van der Waals surface area contributed by atoms with Crippen molar-refractivity contribution >= 4 is 16.4 Å². The standard InChI is InChI=1S/C9H22OSi2/c1-8-9(11(2,3)4)10-12(5,6)7/h8H,1-7H3/b9-8+. The van der Waals surface area contributed by atoms with Crippen molar-refractivity contribution in [1.29, 1.82) is 0 Å². The van der Waals surface area contributed by atoms with Gasteiger partial charge in [-0.3, -0.25) is 0 Å². The molecule has 0 aromatic rings. The Morgan fingerprint density at radius 3 is 1.50 bits per heavy atom. The minimum absolute atomic E-state index is 1.22. The first-order valence-corrected chi connectivity index (χ1v) is 11.4. The SMILES string of the molecule is C/C=C(\O[Si](C)(C)C)[Si](C)(C)C. The zero-order chi connectivity index (χ0) is 9.99. The average molecular weight is 202 g/mol. The summed E-state index contributed by atoms with van der Waals surface area (Å²) in [5, 5.41) is 1.27. The van der Waals surface area contributed by atoms with E-state index in [0.29, 0.717) is 0 Å². The summed E-state index contributed by atoms with van der Waals surface area (Å²) in [4.78, 5) is 0. The van der Waals surface area contributed by atoms with Crippen LogP contribution in [0, 0.1) is 0 Å². The molecule has 0 spiro atoms. The monoisotopic (exact) mass is 202 g/mol. The molecule has 0 aliphatic rings. The van der Waals surface area contributed by atoms with Crippen LogP contribution in [0.3, 0.4) is 0 Å². The Bertz CT molecular complexity index is 172. The molecule has 0 radical (unpaired) electrons. The lowest BCUT2D eigenvalue weighted by atomic mass is 10.7. The Morgan fingerprint density at radius 2 is 1.42 bits per heavy atom. The summed E-state index contributed by atoms with van der Waals surface area (Å²) in [5.74, 6) is 0. The van der Waals surface area contributed by atoms with Gasteiger partial charge in [-0.2, -0.15) is 0 Å². The molecule has 0 unspecified atom stereocenters. The number of hydrogen-bond donors (Lipinski definition) is 0. The van der Waals surface area contributed by atoms with Crippen LogP contribution < -0.4 is 0 Å². The molecule has 0 heterocycles. The second kappa shape index (κ2) is 3.79. The maximum absolute atomic E-state index is 6.01. The van der Waals surface area contributed by atoms with E-state index in [9.17, 15) is 0 Å². The predicted octanol–water partition coefficient (Wildman–Crippen LogP) is 3.62. The van der Waals surface area contributed by atoms with Crippen LogP contribution in [0.2, 0.25) is 39.3 Å². The van der Waals surface area contributed by atoms with Gasteiger partial charge in [-0.25, -0.2) is 0 Å². The lowest BCUT2D eigenvalue weighted by Crippen LogP contribution is -2.34. The first kappa shape index (κ1) is 12.0. The van der Waals surface area contributed by atoms with E-state index in [0.717, 1.165) is 0 Å². The summed E-state index contributed by atoms with van der Waals surface area (Å²) in [6.07, 6.45) is 2.14. The van der Waals surface area contributed by atoms with Crippen LogP contribution in [-0.2, 0) is 4.43 Å². The second-order valence-electron chi connectivity index (χ2n) is 5.12. The van der Waals surface area contributed by atoms with Crippen molar-refractivity contribution in [1.82, 2.24) is 0 Å². The predicted molar refractivity (Wildman–Crippen MR) is 61.5 cm³/mol. The summed E-state index contributed by atoms with van der Waals surface area (Å²) in [7, 11) is -2.61. The molecule has 0 saturated carbocycles. The van der Waals surface area contributed by atoms with Gasteiger partial charge in [0.05, 0.1) is 5.38 Å². The molecule has 0 aliphatic heterocycles. The molecule has 0 aromatic carbocycles. The molecular weight excluding hydrogens is 180 g/mol. The zero-order valence-corrected chi connectivity index (χ0v) is 11.5. The summed E-state index contributed by atoms with van der Waals surface area (Å²) < 4.78 is 6.01. The molecule has 0 aromatic heterocycles. The summed E-state index contributed by atoms with van der Waals surface area (Å²) in [6.45, 7) is 15.7. The van der Waals surface area contributed by atoms with Gasteiger partial charge >= 0.3 is 0 Å². The molecule has 0 aliphatic carbocycles. The maximum Gasteiger partial charge on any atom is 0.241 e. The van der Waals surface area contributed by atoms with Crippen LogP contribution >= 0.6 is 0 Å². The minimum Gasteiger partial charge on any atom is -0.552 e. The normalized spacial score (nSPS) is 14.8. The molecule has 0 bridgehead atoms. The van der Waals surface area contributed by atoms with Crippen LogP contribution in [-0.4, -0.2) is 16.4 Å². The van der Waals surface area contributed by atoms with Crippen molar-refractivity contribution in [3.63, 3.8) is 0 Å². The number of hydrogen-bond acceptors (Lipinski definition) is 1. The van der Waals surface area contributed by atoms with E-state index in [1.807, 2.05) is 0 Å². The maximum atomic E-state index is 6.01. The fraction of sp³-hybridized carbons (Fsp3) is 0.778. The van der Waals surface area contributed by atoms with E-state index in [1.54, 1.807) is 0 Å². The van der Waals surface area contributed by atoms with Gasteiger partial charge in [0.2, 0.25) is 8.32 Å². The molecule has 1 nitrogen and oxygen atoms in total. The third kappa shape index (κ3) is 4.77. The Balaban J connectivity index is 4.43. The van der Waals surface area contributed by atoms with E-state index in [2.05, 4.69) is 52.3 Å². The lowest BCUT2D eigenvalue weighted by Gasteiger charge is -2.29. The number of allylic oxidation sites excluding steroid dienone is 1. The molecule has 0 saturated heterocycles. The van der Waals surface area contributed by atoms with Crippen LogP contribution in [0.5, 0.6) is 0 Å². The van der Waals surface area contributed by atoms with Crippen molar-refractivity contribution in [3.8, 4) is 0 Å². The molecule has 0 fully saturated rings.